The predicted molar refractivity (Wildman–Crippen MR) is 80.5 cm³/mol. The molecular weight excluding hydrogens is 274 g/mol. The molecule has 1 aromatic carbocycles. The SMILES string of the molecule is C#N.C#N.CC(C)Oc1nc2ccc(C=NN)cc2s1. The van der Waals surface area contributed by atoms with E-state index in [9.17, 15) is 0 Å². The van der Waals surface area contributed by atoms with Crippen LogP contribution in [0.4, 0.5) is 0 Å². The Balaban J connectivity index is 0.000000829. The normalized spacial score (nSPS) is 9.55. The van der Waals surface area contributed by atoms with Crippen LogP contribution in [0.2, 0.25) is 0 Å². The van der Waals surface area contributed by atoms with Crippen molar-refractivity contribution in [2.24, 2.45) is 10.9 Å². The van der Waals surface area contributed by atoms with Crippen LogP contribution in [0.25, 0.3) is 10.2 Å². The molecule has 0 atom stereocenters. The zero-order valence-corrected chi connectivity index (χ0v) is 12.0. The van der Waals surface area contributed by atoms with Gasteiger partial charge in [-0.1, -0.05) is 17.4 Å². The third kappa shape index (κ3) is 4.92. The predicted octanol–water partition coefficient (Wildman–Crippen LogP) is 2.66. The molecule has 0 radical (unpaired) electrons. The lowest BCUT2D eigenvalue weighted by molar-refractivity contribution is 0.242. The van der Waals surface area contributed by atoms with Gasteiger partial charge in [-0.2, -0.15) is 5.10 Å². The fourth-order valence-corrected chi connectivity index (χ4v) is 2.32. The molecule has 104 valence electrons. The Kier molecular flexibility index (Phi) is 8.08. The highest BCUT2D eigenvalue weighted by Crippen LogP contribution is 2.28. The first-order chi connectivity index (χ1) is 9.69. The molecule has 0 saturated carbocycles. The summed E-state index contributed by atoms with van der Waals surface area (Å²) in [7, 11) is 0. The van der Waals surface area contributed by atoms with Crippen molar-refractivity contribution in [3.05, 3.63) is 23.8 Å². The van der Waals surface area contributed by atoms with E-state index < -0.39 is 0 Å². The molecule has 0 amide bonds. The van der Waals surface area contributed by atoms with Crippen LogP contribution in [0.15, 0.2) is 23.3 Å². The minimum absolute atomic E-state index is 0.144. The van der Waals surface area contributed by atoms with Gasteiger partial charge in [0.15, 0.2) is 0 Å². The minimum Gasteiger partial charge on any atom is -0.467 e. The van der Waals surface area contributed by atoms with Gasteiger partial charge in [0.1, 0.15) is 0 Å². The molecule has 6 nitrogen and oxygen atoms in total. The second-order valence-corrected chi connectivity index (χ2v) is 4.64. The topological polar surface area (TPSA) is 108 Å². The van der Waals surface area contributed by atoms with Crippen molar-refractivity contribution in [3.63, 3.8) is 0 Å². The van der Waals surface area contributed by atoms with Gasteiger partial charge in [-0.3, -0.25) is 0 Å². The first kappa shape index (κ1) is 17.4. The highest BCUT2D eigenvalue weighted by molar-refractivity contribution is 7.20. The Morgan fingerprint density at radius 2 is 2.00 bits per heavy atom. The summed E-state index contributed by atoms with van der Waals surface area (Å²) in [5, 5.41) is 17.2. The van der Waals surface area contributed by atoms with E-state index in [-0.39, 0.29) is 6.10 Å². The molecule has 0 saturated heterocycles. The van der Waals surface area contributed by atoms with E-state index in [0.29, 0.717) is 5.19 Å². The van der Waals surface area contributed by atoms with Crippen molar-refractivity contribution >= 4 is 27.8 Å². The number of nitriles is 2. The molecule has 0 spiro atoms. The van der Waals surface area contributed by atoms with Crippen LogP contribution in [0, 0.1) is 23.7 Å². The molecule has 0 bridgehead atoms. The van der Waals surface area contributed by atoms with Gasteiger partial charge in [-0.25, -0.2) is 15.5 Å². The molecule has 1 aromatic heterocycles. The van der Waals surface area contributed by atoms with Gasteiger partial charge in [0, 0.05) is 13.1 Å². The molecule has 0 aliphatic heterocycles. The maximum atomic E-state index is 6.50. The van der Waals surface area contributed by atoms with E-state index in [2.05, 4.69) is 23.2 Å². The molecule has 2 aromatic rings. The standard InChI is InChI=1S/C11H13N3OS.2CHN/c1-7(2)15-11-14-9-4-3-8(6-13-12)5-10(9)16-11;2*1-2/h3-7H,12H2,1-2H3;2*1H. The van der Waals surface area contributed by atoms with Crippen molar-refractivity contribution in [1.82, 2.24) is 4.98 Å². The smallest absolute Gasteiger partial charge is 0.274 e. The van der Waals surface area contributed by atoms with Gasteiger partial charge in [0.05, 0.1) is 22.5 Å². The summed E-state index contributed by atoms with van der Waals surface area (Å²) in [5.41, 5.74) is 1.91. The largest absolute Gasteiger partial charge is 0.467 e. The number of rotatable bonds is 3. The number of hydrazone groups is 1. The summed E-state index contributed by atoms with van der Waals surface area (Å²) < 4.78 is 6.62. The van der Waals surface area contributed by atoms with Crippen LogP contribution < -0.4 is 10.6 Å². The number of aromatic nitrogens is 1. The molecule has 7 heteroatoms. The molecule has 0 aliphatic rings. The Labute approximate surface area is 121 Å². The van der Waals surface area contributed by atoms with Crippen LogP contribution in [0.1, 0.15) is 19.4 Å². The number of nitrogens with two attached hydrogens (primary N) is 1. The molecule has 0 aliphatic carbocycles. The monoisotopic (exact) mass is 289 g/mol. The fourth-order valence-electron chi connectivity index (χ4n) is 1.34. The highest BCUT2D eigenvalue weighted by atomic mass is 32.1. The average Bonchev–Trinajstić information content (AvgIpc) is 2.84. The Morgan fingerprint density at radius 1 is 1.35 bits per heavy atom. The van der Waals surface area contributed by atoms with Crippen molar-refractivity contribution in [2.75, 3.05) is 0 Å². The zero-order chi connectivity index (χ0) is 15.5. The third-order valence-electron chi connectivity index (χ3n) is 1.95. The molecule has 2 rings (SSSR count). The first-order valence-corrected chi connectivity index (χ1v) is 6.33. The Morgan fingerprint density at radius 3 is 2.55 bits per heavy atom. The van der Waals surface area contributed by atoms with Gasteiger partial charge in [0.25, 0.3) is 5.19 Å². The highest BCUT2D eigenvalue weighted by Gasteiger charge is 2.06. The van der Waals surface area contributed by atoms with Crippen LogP contribution in [-0.2, 0) is 0 Å². The van der Waals surface area contributed by atoms with E-state index in [1.54, 1.807) is 6.21 Å². The maximum Gasteiger partial charge on any atom is 0.274 e. The summed E-state index contributed by atoms with van der Waals surface area (Å²) in [6.07, 6.45) is 1.76. The molecular formula is C13H15N5OS. The van der Waals surface area contributed by atoms with Gasteiger partial charge < -0.3 is 10.6 Å². The third-order valence-corrected chi connectivity index (χ3v) is 2.86. The number of hydrogen-bond acceptors (Lipinski definition) is 7. The van der Waals surface area contributed by atoms with E-state index >= 15 is 0 Å². The summed E-state index contributed by atoms with van der Waals surface area (Å²) in [6.45, 7) is 11.0. The number of fused-ring (bicyclic) bond motifs is 1. The minimum atomic E-state index is 0.144. The maximum absolute atomic E-state index is 6.50. The zero-order valence-electron chi connectivity index (χ0n) is 11.2. The average molecular weight is 289 g/mol. The Hall–Kier alpha value is -2.64. The van der Waals surface area contributed by atoms with Crippen molar-refractivity contribution in [3.8, 4) is 18.3 Å². The molecule has 0 fully saturated rings. The summed E-state index contributed by atoms with van der Waals surface area (Å²) in [6, 6.07) is 5.87. The first-order valence-electron chi connectivity index (χ1n) is 5.51. The summed E-state index contributed by atoms with van der Waals surface area (Å²) in [5.74, 6) is 5.11. The number of thiazole rings is 1. The lowest BCUT2D eigenvalue weighted by Gasteiger charge is -2.03. The van der Waals surface area contributed by atoms with E-state index in [4.69, 9.17) is 21.1 Å². The molecule has 1 heterocycles. The van der Waals surface area contributed by atoms with Gasteiger partial charge >= 0.3 is 0 Å². The number of ether oxygens (including phenoxy) is 1. The number of nitrogens with zero attached hydrogens (tertiary/aromatic N) is 4. The number of benzene rings is 1. The van der Waals surface area contributed by atoms with E-state index in [1.165, 1.54) is 11.3 Å². The second-order valence-electron chi connectivity index (χ2n) is 3.65. The van der Waals surface area contributed by atoms with Crippen LogP contribution in [0.5, 0.6) is 5.19 Å². The second kappa shape index (κ2) is 9.31. The van der Waals surface area contributed by atoms with Crippen molar-refractivity contribution in [2.45, 2.75) is 20.0 Å². The molecule has 0 unspecified atom stereocenters. The van der Waals surface area contributed by atoms with Crippen LogP contribution >= 0.6 is 11.3 Å². The Bertz CT molecular complexity index is 594. The van der Waals surface area contributed by atoms with Gasteiger partial charge in [0.2, 0.25) is 0 Å². The number of hydrogen-bond donors (Lipinski definition) is 1. The van der Waals surface area contributed by atoms with Crippen LogP contribution in [-0.4, -0.2) is 17.3 Å². The van der Waals surface area contributed by atoms with E-state index in [0.717, 1.165) is 15.8 Å². The van der Waals surface area contributed by atoms with Crippen molar-refractivity contribution in [1.29, 1.82) is 10.5 Å². The summed E-state index contributed by atoms with van der Waals surface area (Å²) >= 11 is 1.53. The quantitative estimate of drug-likeness (QED) is 0.531. The van der Waals surface area contributed by atoms with Gasteiger partial charge in [-0.15, -0.1) is 0 Å². The van der Waals surface area contributed by atoms with E-state index in [1.807, 2.05) is 32.0 Å². The lowest BCUT2D eigenvalue weighted by Crippen LogP contribution is -2.04. The van der Waals surface area contributed by atoms with Crippen LogP contribution in [0.3, 0.4) is 0 Å². The fraction of sp³-hybridized carbons (Fsp3) is 0.231. The molecule has 20 heavy (non-hydrogen) atoms. The summed E-state index contributed by atoms with van der Waals surface area (Å²) in [4.78, 5) is 4.37. The van der Waals surface area contributed by atoms with Crippen molar-refractivity contribution < 1.29 is 4.74 Å². The molecule has 2 N–H and O–H groups in total. The van der Waals surface area contributed by atoms with Gasteiger partial charge in [-0.05, 0) is 31.5 Å². The lowest BCUT2D eigenvalue weighted by atomic mass is 10.2.